The molecule has 4 aliphatic heterocycles. The molecule has 4 aliphatic rings. The fraction of sp³-hybridized carbons (Fsp3) is 0.750. The summed E-state index contributed by atoms with van der Waals surface area (Å²) in [6.07, 6.45) is -3.31. The molecule has 34 heavy (non-hydrogen) atoms. The molecule has 0 amide bonds. The second-order valence-electron chi connectivity index (χ2n) is 9.75. The first-order valence-corrected chi connectivity index (χ1v) is 11.8. The van der Waals surface area contributed by atoms with Crippen molar-refractivity contribution in [1.29, 1.82) is 0 Å². The largest absolute Gasteiger partial charge is 0.463 e. The molecular formula is C24H35NO9. The zero-order valence-corrected chi connectivity index (χ0v) is 21.1. The van der Waals surface area contributed by atoms with Gasteiger partial charge in [0.25, 0.3) is 0 Å². The number of carbonyl (C=O) groups is 2. The molecule has 4 unspecified atom stereocenters. The Bertz CT molecular complexity index is 881. The molecule has 0 saturated carbocycles. The smallest absolute Gasteiger partial charge is 0.336 e. The molecule has 0 aliphatic carbocycles. The van der Waals surface area contributed by atoms with Crippen molar-refractivity contribution >= 4 is 11.9 Å². The molecule has 3 saturated heterocycles. The average molecular weight is 482 g/mol. The van der Waals surface area contributed by atoms with Crippen molar-refractivity contribution in [1.82, 2.24) is 5.32 Å². The lowest BCUT2D eigenvalue weighted by atomic mass is 9.77. The van der Waals surface area contributed by atoms with Crippen LogP contribution in [0.15, 0.2) is 22.5 Å². The van der Waals surface area contributed by atoms with E-state index in [1.54, 1.807) is 41.5 Å². The Kier molecular flexibility index (Phi) is 6.58. The van der Waals surface area contributed by atoms with Crippen LogP contribution in [-0.2, 0) is 42.7 Å². The van der Waals surface area contributed by atoms with Crippen molar-refractivity contribution in [2.75, 3.05) is 13.2 Å². The van der Waals surface area contributed by atoms with Crippen LogP contribution in [0.25, 0.3) is 0 Å². The Morgan fingerprint density at radius 3 is 1.71 bits per heavy atom. The van der Waals surface area contributed by atoms with Gasteiger partial charge in [-0.05, 0) is 55.4 Å². The van der Waals surface area contributed by atoms with Crippen molar-refractivity contribution in [2.45, 2.75) is 97.7 Å². The van der Waals surface area contributed by atoms with Gasteiger partial charge in [-0.3, -0.25) is 0 Å². The number of hydrogen-bond acceptors (Lipinski definition) is 10. The minimum atomic E-state index is -0.930. The van der Waals surface area contributed by atoms with Gasteiger partial charge >= 0.3 is 11.9 Å². The maximum atomic E-state index is 13.2. The summed E-state index contributed by atoms with van der Waals surface area (Å²) in [5.74, 6) is -3.75. The molecule has 5 atom stereocenters. The van der Waals surface area contributed by atoms with Crippen molar-refractivity contribution in [3.63, 3.8) is 0 Å². The Morgan fingerprint density at radius 2 is 1.21 bits per heavy atom. The van der Waals surface area contributed by atoms with E-state index in [0.29, 0.717) is 11.4 Å². The summed E-state index contributed by atoms with van der Waals surface area (Å²) in [5, 5.41) is 3.14. The van der Waals surface area contributed by atoms with Crippen molar-refractivity contribution in [3.8, 4) is 0 Å². The summed E-state index contributed by atoms with van der Waals surface area (Å²) in [5.41, 5.74) is 1.70. The first-order chi connectivity index (χ1) is 15.9. The van der Waals surface area contributed by atoms with Crippen LogP contribution in [0.2, 0.25) is 0 Å². The molecule has 1 N–H and O–H groups in total. The number of fused-ring (bicyclic) bond motifs is 3. The molecule has 0 aromatic carbocycles. The fourth-order valence-electron chi connectivity index (χ4n) is 5.24. The SMILES string of the molecule is CCOC(=O)C1=C(C)NC(C)=C(C(=O)OCC)C1[C@H]1OC2OC(C)(C)OC2C2OC(C)(C)OC21. The molecule has 3 fully saturated rings. The molecule has 0 radical (unpaired) electrons. The van der Waals surface area contributed by atoms with E-state index in [0.717, 1.165) is 0 Å². The average Bonchev–Trinajstić information content (AvgIpc) is 3.20. The summed E-state index contributed by atoms with van der Waals surface area (Å²) < 4.78 is 41.8. The van der Waals surface area contributed by atoms with Crippen LogP contribution >= 0.6 is 0 Å². The van der Waals surface area contributed by atoms with Gasteiger partial charge in [0.2, 0.25) is 0 Å². The first kappa shape index (κ1) is 25.1. The molecule has 4 heterocycles. The Balaban J connectivity index is 1.83. The Hall–Kier alpha value is -1.98. The number of rotatable bonds is 5. The number of nitrogens with one attached hydrogen (secondary N) is 1. The van der Waals surface area contributed by atoms with Gasteiger partial charge in [-0.15, -0.1) is 0 Å². The molecule has 10 heteroatoms. The second-order valence-corrected chi connectivity index (χ2v) is 9.75. The predicted molar refractivity (Wildman–Crippen MR) is 118 cm³/mol. The molecular weight excluding hydrogens is 446 g/mol. The maximum absolute atomic E-state index is 13.2. The third-order valence-electron chi connectivity index (χ3n) is 6.31. The van der Waals surface area contributed by atoms with Gasteiger partial charge in [-0.2, -0.15) is 0 Å². The van der Waals surface area contributed by atoms with Crippen LogP contribution in [0.4, 0.5) is 0 Å². The highest BCUT2D eigenvalue weighted by Gasteiger charge is 2.63. The molecule has 0 aromatic rings. The lowest BCUT2D eigenvalue weighted by Gasteiger charge is -2.43. The topological polar surface area (TPSA) is 111 Å². The van der Waals surface area contributed by atoms with Crippen molar-refractivity contribution in [2.24, 2.45) is 5.92 Å². The highest BCUT2D eigenvalue weighted by atomic mass is 16.9. The van der Waals surface area contributed by atoms with E-state index in [-0.39, 0.29) is 24.4 Å². The molecule has 0 spiro atoms. The van der Waals surface area contributed by atoms with E-state index in [1.165, 1.54) is 0 Å². The van der Waals surface area contributed by atoms with Crippen LogP contribution in [0.1, 0.15) is 55.4 Å². The van der Waals surface area contributed by atoms with Crippen LogP contribution in [0, 0.1) is 5.92 Å². The molecule has 190 valence electrons. The zero-order valence-electron chi connectivity index (χ0n) is 21.1. The van der Waals surface area contributed by atoms with E-state index in [2.05, 4.69) is 5.32 Å². The summed E-state index contributed by atoms with van der Waals surface area (Å²) in [6.45, 7) is 14.6. The molecule has 4 rings (SSSR count). The van der Waals surface area contributed by atoms with Crippen LogP contribution < -0.4 is 5.32 Å². The van der Waals surface area contributed by atoms with Gasteiger partial charge in [-0.25, -0.2) is 9.59 Å². The third kappa shape index (κ3) is 4.37. The summed E-state index contributed by atoms with van der Waals surface area (Å²) >= 11 is 0. The Morgan fingerprint density at radius 1 is 0.765 bits per heavy atom. The summed E-state index contributed by atoms with van der Waals surface area (Å²) in [6, 6.07) is 0. The van der Waals surface area contributed by atoms with Gasteiger partial charge < -0.3 is 38.5 Å². The van der Waals surface area contributed by atoms with E-state index < -0.39 is 60.1 Å². The standard InChI is InChI=1S/C24H35NO9/c1-9-28-20(26)13-11(3)25-12(4)14(21(27)29-10-2)15(13)16-17-18(32-23(5,6)31-17)19-22(30-16)34-24(7,8)33-19/h15-19,22,25H,9-10H2,1-8H3/t16-,17?,18?,19?,22?/m1/s1. The second kappa shape index (κ2) is 8.91. The normalized spacial score (nSPS) is 34.4. The fourth-order valence-corrected chi connectivity index (χ4v) is 5.24. The van der Waals surface area contributed by atoms with Gasteiger partial charge in [0.15, 0.2) is 17.9 Å². The van der Waals surface area contributed by atoms with Crippen LogP contribution in [0.3, 0.4) is 0 Å². The zero-order chi connectivity index (χ0) is 25.0. The highest BCUT2D eigenvalue weighted by molar-refractivity contribution is 5.98. The van der Waals surface area contributed by atoms with Gasteiger partial charge in [0.1, 0.15) is 24.4 Å². The minimum Gasteiger partial charge on any atom is -0.463 e. The number of esters is 2. The maximum Gasteiger partial charge on any atom is 0.336 e. The van der Waals surface area contributed by atoms with Crippen LogP contribution in [0.5, 0.6) is 0 Å². The van der Waals surface area contributed by atoms with E-state index in [4.69, 9.17) is 33.2 Å². The number of ether oxygens (including phenoxy) is 7. The minimum absolute atomic E-state index is 0.180. The van der Waals surface area contributed by atoms with E-state index in [9.17, 15) is 9.59 Å². The van der Waals surface area contributed by atoms with Gasteiger partial charge in [0, 0.05) is 11.4 Å². The van der Waals surface area contributed by atoms with E-state index >= 15 is 0 Å². The molecule has 10 nitrogen and oxygen atoms in total. The number of dihydropyridines is 1. The monoisotopic (exact) mass is 481 g/mol. The highest BCUT2D eigenvalue weighted by Crippen LogP contribution is 2.48. The summed E-state index contributed by atoms with van der Waals surface area (Å²) in [4.78, 5) is 26.3. The van der Waals surface area contributed by atoms with E-state index in [1.807, 2.05) is 13.8 Å². The number of hydrogen-bond donors (Lipinski definition) is 1. The lowest BCUT2D eigenvalue weighted by molar-refractivity contribution is -0.240. The van der Waals surface area contributed by atoms with Crippen molar-refractivity contribution < 1.29 is 42.7 Å². The summed E-state index contributed by atoms with van der Waals surface area (Å²) in [7, 11) is 0. The molecule has 0 bridgehead atoms. The van der Waals surface area contributed by atoms with Crippen LogP contribution in [-0.4, -0.2) is 67.4 Å². The Labute approximate surface area is 199 Å². The lowest BCUT2D eigenvalue weighted by Crippen LogP contribution is -2.59. The van der Waals surface area contributed by atoms with Gasteiger partial charge in [-0.1, -0.05) is 0 Å². The number of allylic oxidation sites excluding steroid dienone is 2. The number of carbonyl (C=O) groups excluding carboxylic acids is 2. The molecule has 0 aromatic heterocycles. The van der Waals surface area contributed by atoms with Crippen molar-refractivity contribution in [3.05, 3.63) is 22.5 Å². The predicted octanol–water partition coefficient (Wildman–Crippen LogP) is 2.28. The van der Waals surface area contributed by atoms with Gasteiger partial charge in [0.05, 0.1) is 30.3 Å². The third-order valence-corrected chi connectivity index (χ3v) is 6.31. The first-order valence-electron chi connectivity index (χ1n) is 11.8. The quantitative estimate of drug-likeness (QED) is 0.587.